The number of benzene rings is 1. The van der Waals surface area contributed by atoms with Crippen LogP contribution < -0.4 is 9.75 Å². The molecular formula is C18H19N5O. The van der Waals surface area contributed by atoms with Gasteiger partial charge in [-0.2, -0.15) is 5.10 Å². The van der Waals surface area contributed by atoms with Crippen molar-refractivity contribution >= 4 is 11.4 Å². The maximum absolute atomic E-state index is 5.46. The molecule has 2 aliphatic rings. The van der Waals surface area contributed by atoms with E-state index in [1.807, 2.05) is 35.5 Å². The van der Waals surface area contributed by atoms with E-state index in [1.54, 1.807) is 19.5 Å². The molecule has 2 aromatic rings. The molecule has 0 bridgehead atoms. The fourth-order valence-electron chi connectivity index (χ4n) is 3.08. The van der Waals surface area contributed by atoms with E-state index in [9.17, 15) is 0 Å². The second-order valence-electron chi connectivity index (χ2n) is 5.85. The molecule has 3 heterocycles. The molecule has 2 aliphatic heterocycles. The Labute approximate surface area is 141 Å². The molecule has 122 valence electrons. The second kappa shape index (κ2) is 6.31. The van der Waals surface area contributed by atoms with Crippen LogP contribution in [0, 0.1) is 0 Å². The van der Waals surface area contributed by atoms with E-state index in [-0.39, 0.29) is 0 Å². The third-order valence-electron chi connectivity index (χ3n) is 4.25. The van der Waals surface area contributed by atoms with Crippen LogP contribution in [0.1, 0.15) is 12.1 Å². The Morgan fingerprint density at radius 1 is 1.21 bits per heavy atom. The van der Waals surface area contributed by atoms with Gasteiger partial charge < -0.3 is 9.64 Å². The van der Waals surface area contributed by atoms with Crippen LogP contribution in [0.4, 0.5) is 5.69 Å². The summed E-state index contributed by atoms with van der Waals surface area (Å²) in [6, 6.07) is 7.99. The molecular weight excluding hydrogens is 302 g/mol. The molecule has 0 spiro atoms. The zero-order chi connectivity index (χ0) is 16.4. The van der Waals surface area contributed by atoms with Crippen LogP contribution in [-0.4, -0.2) is 40.8 Å². The molecule has 0 saturated heterocycles. The van der Waals surface area contributed by atoms with Crippen molar-refractivity contribution in [1.29, 1.82) is 0 Å². The number of fused-ring (bicyclic) bond motifs is 1. The van der Waals surface area contributed by atoms with Crippen LogP contribution >= 0.6 is 0 Å². The smallest absolute Gasteiger partial charge is 0.144 e. The van der Waals surface area contributed by atoms with Gasteiger partial charge >= 0.3 is 0 Å². The van der Waals surface area contributed by atoms with Crippen molar-refractivity contribution in [2.45, 2.75) is 13.0 Å². The zero-order valence-corrected chi connectivity index (χ0v) is 13.6. The second-order valence-corrected chi connectivity index (χ2v) is 5.85. The lowest BCUT2D eigenvalue weighted by atomic mass is 10.1. The van der Waals surface area contributed by atoms with Crippen LogP contribution in [0.3, 0.4) is 0 Å². The maximum Gasteiger partial charge on any atom is 0.144 e. The summed E-state index contributed by atoms with van der Waals surface area (Å²) < 4.78 is 5.46. The summed E-state index contributed by atoms with van der Waals surface area (Å²) >= 11 is 0. The molecule has 1 aromatic carbocycles. The minimum Gasteiger partial charge on any atom is -0.495 e. The normalized spacial score (nSPS) is 16.5. The monoisotopic (exact) mass is 321 g/mol. The summed E-state index contributed by atoms with van der Waals surface area (Å²) in [5, 5.41) is 6.80. The van der Waals surface area contributed by atoms with E-state index >= 15 is 0 Å². The van der Waals surface area contributed by atoms with Crippen molar-refractivity contribution in [1.82, 2.24) is 14.9 Å². The van der Waals surface area contributed by atoms with E-state index in [0.29, 0.717) is 0 Å². The van der Waals surface area contributed by atoms with Crippen LogP contribution in [0.2, 0.25) is 0 Å². The average molecular weight is 321 g/mol. The van der Waals surface area contributed by atoms with Crippen molar-refractivity contribution < 1.29 is 4.74 Å². The minimum atomic E-state index is 0.771. The molecule has 0 N–H and O–H groups in total. The van der Waals surface area contributed by atoms with Gasteiger partial charge in [0, 0.05) is 37.1 Å². The SMILES string of the molecule is COc1ccccc1N1CC2=CN(Cc3cnccn3)CCC2=N1. The molecule has 6 heteroatoms. The van der Waals surface area contributed by atoms with Gasteiger partial charge in [-0.25, -0.2) is 0 Å². The summed E-state index contributed by atoms with van der Waals surface area (Å²) in [7, 11) is 1.69. The Kier molecular flexibility index (Phi) is 3.86. The fraction of sp³-hybridized carbons (Fsp3) is 0.278. The number of hydrogen-bond acceptors (Lipinski definition) is 6. The number of hydrogen-bond donors (Lipinski definition) is 0. The fourth-order valence-corrected chi connectivity index (χ4v) is 3.08. The molecule has 1 aromatic heterocycles. The van der Waals surface area contributed by atoms with Gasteiger partial charge in [0.2, 0.25) is 0 Å². The first-order valence-corrected chi connectivity index (χ1v) is 8.01. The number of anilines is 1. The summed E-state index contributed by atoms with van der Waals surface area (Å²) in [5.74, 6) is 0.845. The molecule has 0 saturated carbocycles. The first-order valence-electron chi connectivity index (χ1n) is 8.01. The van der Waals surface area contributed by atoms with Gasteiger partial charge in [-0.3, -0.25) is 15.0 Å². The van der Waals surface area contributed by atoms with Crippen LogP contribution in [-0.2, 0) is 6.54 Å². The van der Waals surface area contributed by atoms with Gasteiger partial charge in [0.15, 0.2) is 0 Å². The molecule has 6 nitrogen and oxygen atoms in total. The Hall–Kier alpha value is -2.89. The van der Waals surface area contributed by atoms with Crippen molar-refractivity contribution in [3.05, 3.63) is 60.3 Å². The lowest BCUT2D eigenvalue weighted by Crippen LogP contribution is -2.27. The highest BCUT2D eigenvalue weighted by molar-refractivity contribution is 6.04. The summed E-state index contributed by atoms with van der Waals surface area (Å²) in [5.41, 5.74) is 4.41. The number of nitrogens with zero attached hydrogens (tertiary/aromatic N) is 5. The molecule has 4 rings (SSSR count). The highest BCUT2D eigenvalue weighted by Crippen LogP contribution is 2.32. The van der Waals surface area contributed by atoms with Crippen LogP contribution in [0.25, 0.3) is 0 Å². The summed E-state index contributed by atoms with van der Waals surface area (Å²) in [4.78, 5) is 10.8. The molecule has 0 radical (unpaired) electrons. The lowest BCUT2D eigenvalue weighted by molar-refractivity contribution is 0.366. The zero-order valence-electron chi connectivity index (χ0n) is 13.6. The standard InChI is InChI=1S/C18H19N5O/c1-24-18-5-3-2-4-17(18)23-12-14-11-22(9-6-16(14)21-23)13-15-10-19-7-8-20-15/h2-5,7-8,10-11H,6,9,12-13H2,1H3. The summed E-state index contributed by atoms with van der Waals surface area (Å²) in [6.45, 7) is 2.49. The quantitative estimate of drug-likeness (QED) is 0.866. The molecule has 0 unspecified atom stereocenters. The van der Waals surface area contributed by atoms with Crippen LogP contribution in [0.15, 0.2) is 59.7 Å². The Morgan fingerprint density at radius 3 is 2.96 bits per heavy atom. The number of ether oxygens (including phenoxy) is 1. The Balaban J connectivity index is 1.53. The van der Waals surface area contributed by atoms with Gasteiger partial charge in [-0.15, -0.1) is 0 Å². The number of rotatable bonds is 4. The first kappa shape index (κ1) is 14.7. The van der Waals surface area contributed by atoms with E-state index in [1.165, 1.54) is 5.57 Å². The molecule has 0 atom stereocenters. The van der Waals surface area contributed by atoms with Crippen molar-refractivity contribution in [3.63, 3.8) is 0 Å². The highest BCUT2D eigenvalue weighted by Gasteiger charge is 2.27. The number of aromatic nitrogens is 2. The van der Waals surface area contributed by atoms with E-state index < -0.39 is 0 Å². The summed E-state index contributed by atoms with van der Waals surface area (Å²) in [6.07, 6.45) is 8.39. The van der Waals surface area contributed by atoms with Crippen LogP contribution in [0.5, 0.6) is 5.75 Å². The topological polar surface area (TPSA) is 53.9 Å². The average Bonchev–Trinajstić information content (AvgIpc) is 3.05. The molecule has 24 heavy (non-hydrogen) atoms. The first-order chi connectivity index (χ1) is 11.8. The Morgan fingerprint density at radius 2 is 2.12 bits per heavy atom. The highest BCUT2D eigenvalue weighted by atomic mass is 16.5. The molecule has 0 amide bonds. The van der Waals surface area contributed by atoms with Crippen molar-refractivity contribution in [2.24, 2.45) is 5.10 Å². The van der Waals surface area contributed by atoms with E-state index in [0.717, 1.165) is 48.9 Å². The predicted molar refractivity (Wildman–Crippen MR) is 92.9 cm³/mol. The van der Waals surface area contributed by atoms with E-state index in [4.69, 9.17) is 9.84 Å². The largest absolute Gasteiger partial charge is 0.495 e. The Bertz CT molecular complexity index is 787. The van der Waals surface area contributed by atoms with Crippen molar-refractivity contribution in [3.8, 4) is 5.75 Å². The van der Waals surface area contributed by atoms with Crippen molar-refractivity contribution in [2.75, 3.05) is 25.2 Å². The van der Waals surface area contributed by atoms with Gasteiger partial charge in [-0.05, 0) is 12.1 Å². The maximum atomic E-state index is 5.46. The number of hydrazone groups is 1. The predicted octanol–water partition coefficient (Wildman–Crippen LogP) is 2.45. The lowest BCUT2D eigenvalue weighted by Gasteiger charge is -2.25. The van der Waals surface area contributed by atoms with Gasteiger partial charge in [0.25, 0.3) is 0 Å². The van der Waals surface area contributed by atoms with Gasteiger partial charge in [-0.1, -0.05) is 12.1 Å². The van der Waals surface area contributed by atoms with E-state index in [2.05, 4.69) is 21.1 Å². The number of methoxy groups -OCH3 is 1. The molecule has 0 aliphatic carbocycles. The van der Waals surface area contributed by atoms with Gasteiger partial charge in [0.1, 0.15) is 11.4 Å². The van der Waals surface area contributed by atoms with Gasteiger partial charge in [0.05, 0.1) is 37.8 Å². The minimum absolute atomic E-state index is 0.771. The number of para-hydroxylation sites is 2. The molecule has 0 fully saturated rings. The third-order valence-corrected chi connectivity index (χ3v) is 4.25. The third kappa shape index (κ3) is 2.82.